The molecule has 2 aromatic carbocycles. The maximum Gasteiger partial charge on any atom is 0.211 e. The molecular weight excluding hydrogens is 415 g/mol. The summed E-state index contributed by atoms with van der Waals surface area (Å²) in [6, 6.07) is 8.85. The Morgan fingerprint density at radius 1 is 1.00 bits per heavy atom. The molecule has 1 aliphatic carbocycles. The smallest absolute Gasteiger partial charge is 0.211 e. The molecule has 0 spiro atoms. The summed E-state index contributed by atoms with van der Waals surface area (Å²) in [6.45, 7) is 1.90. The molecule has 0 heterocycles. The molecule has 6 nitrogen and oxygen atoms in total. The quantitative estimate of drug-likeness (QED) is 0.360. The minimum Gasteiger partial charge on any atom is -0.506 e. The first-order valence-corrected chi connectivity index (χ1v) is 9.57. The molecule has 0 unspecified atom stereocenters. The first kappa shape index (κ1) is 20.8. The Labute approximate surface area is 177 Å². The Bertz CT molecular complexity index is 1070. The zero-order valence-corrected chi connectivity index (χ0v) is 16.9. The number of carbonyl (C=O) groups excluding carboxylic acids is 1. The van der Waals surface area contributed by atoms with Gasteiger partial charge in [0.1, 0.15) is 23.0 Å². The van der Waals surface area contributed by atoms with Gasteiger partial charge < -0.3 is 20.6 Å². The van der Waals surface area contributed by atoms with Crippen LogP contribution in [0.3, 0.4) is 0 Å². The third-order valence-corrected chi connectivity index (χ3v) is 4.84. The van der Waals surface area contributed by atoms with Gasteiger partial charge in [0.25, 0.3) is 0 Å². The molecule has 150 valence electrons. The number of carbonyl (C=O) groups is 1. The van der Waals surface area contributed by atoms with Crippen LogP contribution in [0.25, 0.3) is 0 Å². The van der Waals surface area contributed by atoms with Crippen LogP contribution in [0.4, 0.5) is 11.4 Å². The highest BCUT2D eigenvalue weighted by molar-refractivity contribution is 6.51. The molecule has 1 aliphatic rings. The number of phenolic OH excluding ortho intramolecular Hbond substituents is 2. The molecule has 3 rings (SSSR count). The summed E-state index contributed by atoms with van der Waals surface area (Å²) in [6.07, 6.45) is 2.45. The van der Waals surface area contributed by atoms with Crippen LogP contribution in [0.5, 0.6) is 11.5 Å². The number of aliphatic hydroxyl groups excluding tert-OH is 1. The number of aromatic hydroxyl groups is 2. The minimum absolute atomic E-state index is 0.0667. The molecule has 0 saturated heterocycles. The molecule has 0 aliphatic heterocycles. The van der Waals surface area contributed by atoms with Crippen molar-refractivity contribution in [2.24, 2.45) is 4.99 Å². The third kappa shape index (κ3) is 4.55. The summed E-state index contributed by atoms with van der Waals surface area (Å²) in [5.41, 5.74) is 1.53. The lowest BCUT2D eigenvalue weighted by Gasteiger charge is -2.19. The van der Waals surface area contributed by atoms with E-state index in [1.54, 1.807) is 6.07 Å². The van der Waals surface area contributed by atoms with E-state index in [4.69, 9.17) is 23.2 Å². The van der Waals surface area contributed by atoms with Crippen molar-refractivity contribution in [2.45, 2.75) is 19.8 Å². The molecule has 0 amide bonds. The van der Waals surface area contributed by atoms with Crippen LogP contribution >= 0.6 is 23.2 Å². The third-order valence-electron chi connectivity index (χ3n) is 4.24. The van der Waals surface area contributed by atoms with Crippen LogP contribution in [0.2, 0.25) is 10.0 Å². The monoisotopic (exact) mass is 432 g/mol. The van der Waals surface area contributed by atoms with Gasteiger partial charge in [0, 0.05) is 11.3 Å². The second-order valence-corrected chi connectivity index (χ2v) is 7.20. The largest absolute Gasteiger partial charge is 0.506 e. The number of hydrogen-bond acceptors (Lipinski definition) is 6. The number of ketones is 1. The Morgan fingerprint density at radius 3 is 2.28 bits per heavy atom. The summed E-state index contributed by atoms with van der Waals surface area (Å²) in [5, 5.41) is 33.0. The molecule has 0 radical (unpaired) electrons. The van der Waals surface area contributed by atoms with Crippen molar-refractivity contribution in [2.75, 3.05) is 5.32 Å². The first-order chi connectivity index (χ1) is 13.8. The molecule has 2 aromatic rings. The van der Waals surface area contributed by atoms with Gasteiger partial charge >= 0.3 is 0 Å². The lowest BCUT2D eigenvalue weighted by Crippen LogP contribution is -2.24. The molecule has 4 N–H and O–H groups in total. The van der Waals surface area contributed by atoms with Crippen molar-refractivity contribution < 1.29 is 20.1 Å². The number of hydrogen-bond donors (Lipinski definition) is 4. The first-order valence-electron chi connectivity index (χ1n) is 8.81. The van der Waals surface area contributed by atoms with E-state index in [9.17, 15) is 20.1 Å². The van der Waals surface area contributed by atoms with Gasteiger partial charge in [-0.2, -0.15) is 0 Å². The number of rotatable bonds is 5. The Kier molecular flexibility index (Phi) is 6.15. The van der Waals surface area contributed by atoms with E-state index >= 15 is 0 Å². The zero-order chi connectivity index (χ0) is 21.1. The normalized spacial score (nSPS) is 15.6. The lowest BCUT2D eigenvalue weighted by molar-refractivity contribution is -0.110. The zero-order valence-electron chi connectivity index (χ0n) is 15.4. The molecule has 0 atom stereocenters. The van der Waals surface area contributed by atoms with E-state index in [1.165, 1.54) is 36.4 Å². The van der Waals surface area contributed by atoms with Crippen molar-refractivity contribution in [3.63, 3.8) is 0 Å². The number of benzene rings is 2. The Balaban J connectivity index is 2.04. The van der Waals surface area contributed by atoms with Gasteiger partial charge in [-0.1, -0.05) is 36.5 Å². The van der Waals surface area contributed by atoms with Gasteiger partial charge in [-0.3, -0.25) is 4.79 Å². The number of halogens is 2. The number of nitrogens with one attached hydrogen (secondary N) is 1. The van der Waals surface area contributed by atoms with Gasteiger partial charge in [0.05, 0.1) is 21.4 Å². The fraction of sp³-hybridized carbons (Fsp3) is 0.143. The highest BCUT2D eigenvalue weighted by atomic mass is 35.5. The van der Waals surface area contributed by atoms with E-state index in [0.717, 1.165) is 0 Å². The van der Waals surface area contributed by atoms with Crippen LogP contribution in [0.15, 0.2) is 64.5 Å². The maximum absolute atomic E-state index is 12.8. The summed E-state index contributed by atoms with van der Waals surface area (Å²) in [5.74, 6) is -0.702. The van der Waals surface area contributed by atoms with Crippen molar-refractivity contribution in [3.05, 3.63) is 69.5 Å². The number of nitrogens with zero attached hydrogens (tertiary/aromatic N) is 1. The van der Waals surface area contributed by atoms with Gasteiger partial charge in [0.2, 0.25) is 5.78 Å². The van der Waals surface area contributed by atoms with Crippen LogP contribution in [0.1, 0.15) is 19.8 Å². The summed E-state index contributed by atoms with van der Waals surface area (Å²) < 4.78 is 0. The van der Waals surface area contributed by atoms with E-state index in [2.05, 4.69) is 10.3 Å². The highest BCUT2D eigenvalue weighted by Crippen LogP contribution is 2.31. The van der Waals surface area contributed by atoms with Crippen molar-refractivity contribution in [1.82, 2.24) is 0 Å². The fourth-order valence-corrected chi connectivity index (χ4v) is 3.16. The van der Waals surface area contributed by atoms with Gasteiger partial charge in [-0.15, -0.1) is 0 Å². The molecule has 8 heteroatoms. The standard InChI is InChI=1S/C21H18Cl2N2O4/c1-2-3-13-20(28)16(24-11-4-6-18(26)14(22)8-11)10-17(21(13)29)25-12-5-7-19(27)15(23)9-12/h4-10,24,26-28H,2-3H2,1H3. The Hall–Kier alpha value is -2.96. The second-order valence-electron chi connectivity index (χ2n) is 6.39. The highest BCUT2D eigenvalue weighted by Gasteiger charge is 2.27. The average molecular weight is 433 g/mol. The SMILES string of the molecule is CCCC1=C(O)C(Nc2ccc(O)c(Cl)c2)=CC(=Nc2ccc(O)c(Cl)c2)C1=O. The number of anilines is 1. The summed E-state index contributed by atoms with van der Waals surface area (Å²) in [4.78, 5) is 17.2. The van der Waals surface area contributed by atoms with Crippen molar-refractivity contribution in [3.8, 4) is 11.5 Å². The topological polar surface area (TPSA) is 102 Å². The molecule has 0 aromatic heterocycles. The average Bonchev–Trinajstić information content (AvgIpc) is 2.68. The number of allylic oxidation sites excluding steroid dienone is 2. The number of aliphatic imine (C=N–C) groups is 1. The number of phenols is 2. The van der Waals surface area contributed by atoms with E-state index in [1.807, 2.05) is 6.92 Å². The van der Waals surface area contributed by atoms with Gasteiger partial charge in [0.15, 0.2) is 0 Å². The van der Waals surface area contributed by atoms with E-state index < -0.39 is 0 Å². The van der Waals surface area contributed by atoms with Crippen LogP contribution in [-0.4, -0.2) is 26.8 Å². The predicted octanol–water partition coefficient (Wildman–Crippen LogP) is 5.67. The fourth-order valence-electron chi connectivity index (χ4n) is 2.80. The molecule has 29 heavy (non-hydrogen) atoms. The van der Waals surface area contributed by atoms with Gasteiger partial charge in [-0.05, 0) is 48.9 Å². The van der Waals surface area contributed by atoms with E-state index in [0.29, 0.717) is 24.2 Å². The molecule has 0 bridgehead atoms. The van der Waals surface area contributed by atoms with Crippen LogP contribution in [0, 0.1) is 0 Å². The van der Waals surface area contributed by atoms with Crippen molar-refractivity contribution >= 4 is 46.1 Å². The van der Waals surface area contributed by atoms with Crippen LogP contribution < -0.4 is 5.32 Å². The Morgan fingerprint density at radius 2 is 1.66 bits per heavy atom. The summed E-state index contributed by atoms with van der Waals surface area (Å²) >= 11 is 11.9. The molecular formula is C21H18Cl2N2O4. The van der Waals surface area contributed by atoms with Crippen LogP contribution in [-0.2, 0) is 4.79 Å². The lowest BCUT2D eigenvalue weighted by atomic mass is 9.94. The van der Waals surface area contributed by atoms with E-state index in [-0.39, 0.29) is 50.1 Å². The number of Topliss-reactive ketones (excluding diaryl/α,β-unsaturated/α-hetero) is 1. The summed E-state index contributed by atoms with van der Waals surface area (Å²) in [7, 11) is 0. The number of aliphatic hydroxyl groups is 1. The van der Waals surface area contributed by atoms with Crippen molar-refractivity contribution in [1.29, 1.82) is 0 Å². The second kappa shape index (κ2) is 8.59. The predicted molar refractivity (Wildman–Crippen MR) is 115 cm³/mol. The molecule has 0 fully saturated rings. The minimum atomic E-state index is -0.386. The molecule has 0 saturated carbocycles. The van der Waals surface area contributed by atoms with Gasteiger partial charge in [-0.25, -0.2) is 4.99 Å². The maximum atomic E-state index is 12.8.